The van der Waals surface area contributed by atoms with Crippen molar-refractivity contribution in [3.63, 3.8) is 0 Å². The average Bonchev–Trinajstić information content (AvgIpc) is 2.73. The first kappa shape index (κ1) is 19.8. The molecule has 0 atom stereocenters. The van der Waals surface area contributed by atoms with Gasteiger partial charge >= 0.3 is 6.18 Å². The highest BCUT2D eigenvalue weighted by atomic mass is 19.4. The first-order valence-corrected chi connectivity index (χ1v) is 9.77. The Kier molecular flexibility index (Phi) is 5.29. The quantitative estimate of drug-likeness (QED) is 0.778. The fraction of sp³-hybridized carbons (Fsp3) is 0.476. The van der Waals surface area contributed by atoms with E-state index in [-0.39, 0.29) is 0 Å². The summed E-state index contributed by atoms with van der Waals surface area (Å²) < 4.78 is 43.4. The molecule has 1 amide bonds. The number of likely N-dealkylation sites (tertiary alicyclic amines) is 1. The van der Waals surface area contributed by atoms with Gasteiger partial charge in [-0.25, -0.2) is 9.97 Å². The van der Waals surface area contributed by atoms with Crippen molar-refractivity contribution in [2.24, 2.45) is 0 Å². The van der Waals surface area contributed by atoms with Crippen molar-refractivity contribution in [2.45, 2.75) is 43.9 Å². The van der Waals surface area contributed by atoms with E-state index in [2.05, 4.69) is 4.98 Å². The van der Waals surface area contributed by atoms with Gasteiger partial charge in [0, 0.05) is 31.3 Å². The zero-order chi connectivity index (χ0) is 20.5. The summed E-state index contributed by atoms with van der Waals surface area (Å²) in [6, 6.07) is 9.67. The maximum atomic E-state index is 12.4. The van der Waals surface area contributed by atoms with Crippen molar-refractivity contribution in [1.29, 1.82) is 0 Å². The highest BCUT2D eigenvalue weighted by molar-refractivity contribution is 5.76. The van der Waals surface area contributed by atoms with E-state index < -0.39 is 30.5 Å². The molecule has 1 spiro atoms. The minimum atomic E-state index is -4.32. The first-order chi connectivity index (χ1) is 13.9. The number of hydrogen-bond donors (Lipinski definition) is 0. The molecule has 0 N–H and O–H groups in total. The van der Waals surface area contributed by atoms with Gasteiger partial charge in [0.15, 0.2) is 5.82 Å². The smallest absolute Gasteiger partial charge is 0.368 e. The third-order valence-electron chi connectivity index (χ3n) is 5.62. The minimum Gasteiger partial charge on any atom is -0.368 e. The zero-order valence-electron chi connectivity index (χ0n) is 15.9. The highest BCUT2D eigenvalue weighted by Gasteiger charge is 2.43. The number of carbonyl (C=O) groups is 1. The van der Waals surface area contributed by atoms with E-state index in [1.54, 1.807) is 0 Å². The fourth-order valence-corrected chi connectivity index (χ4v) is 4.04. The third kappa shape index (κ3) is 4.27. The van der Waals surface area contributed by atoms with Crippen molar-refractivity contribution in [2.75, 3.05) is 19.7 Å². The number of ether oxygens (including phenoxy) is 1. The third-order valence-corrected chi connectivity index (χ3v) is 5.62. The summed E-state index contributed by atoms with van der Waals surface area (Å²) in [5.41, 5.74) is 2.18. The van der Waals surface area contributed by atoms with Crippen LogP contribution in [0.4, 0.5) is 13.2 Å². The molecule has 1 aromatic heterocycles. The number of halogens is 3. The maximum Gasteiger partial charge on any atom is 0.389 e. The second-order valence-corrected chi connectivity index (χ2v) is 7.52. The SMILES string of the molecule is O=C(CCC(F)(F)F)N1CCC2(CC1)OCCc1cnc(-c3ccccc3)nc12. The molecular formula is C21H22F3N3O2. The van der Waals surface area contributed by atoms with E-state index in [1.807, 2.05) is 36.5 Å². The number of aromatic nitrogens is 2. The van der Waals surface area contributed by atoms with Crippen LogP contribution in [0.2, 0.25) is 0 Å². The van der Waals surface area contributed by atoms with Gasteiger partial charge in [0.05, 0.1) is 18.7 Å². The number of benzene rings is 1. The van der Waals surface area contributed by atoms with Gasteiger partial charge in [-0.05, 0) is 24.8 Å². The molecule has 5 nitrogen and oxygen atoms in total. The average molecular weight is 405 g/mol. The van der Waals surface area contributed by atoms with E-state index in [0.29, 0.717) is 38.4 Å². The van der Waals surface area contributed by atoms with Gasteiger partial charge in [-0.15, -0.1) is 0 Å². The number of piperidine rings is 1. The molecule has 1 aromatic carbocycles. The van der Waals surface area contributed by atoms with Crippen LogP contribution >= 0.6 is 0 Å². The largest absolute Gasteiger partial charge is 0.389 e. The number of fused-ring (bicyclic) bond motifs is 2. The lowest BCUT2D eigenvalue weighted by atomic mass is 9.83. The lowest BCUT2D eigenvalue weighted by molar-refractivity contribution is -0.154. The van der Waals surface area contributed by atoms with Crippen molar-refractivity contribution in [3.8, 4) is 11.4 Å². The van der Waals surface area contributed by atoms with Crippen LogP contribution in [0.25, 0.3) is 11.4 Å². The Morgan fingerprint density at radius 1 is 1.17 bits per heavy atom. The van der Waals surface area contributed by atoms with Gasteiger partial charge in [-0.1, -0.05) is 30.3 Å². The number of nitrogens with zero attached hydrogens (tertiary/aromatic N) is 3. The van der Waals surface area contributed by atoms with Crippen molar-refractivity contribution in [3.05, 3.63) is 47.8 Å². The van der Waals surface area contributed by atoms with Crippen LogP contribution in [0.1, 0.15) is 36.9 Å². The molecular weight excluding hydrogens is 383 g/mol. The van der Waals surface area contributed by atoms with Crippen LogP contribution in [-0.2, 0) is 21.6 Å². The Bertz CT molecular complexity index is 878. The van der Waals surface area contributed by atoms with Crippen LogP contribution in [0, 0.1) is 0 Å². The molecule has 0 aliphatic carbocycles. The summed E-state index contributed by atoms with van der Waals surface area (Å²) in [6.45, 7) is 1.27. The van der Waals surface area contributed by atoms with Crippen LogP contribution in [0.3, 0.4) is 0 Å². The molecule has 29 heavy (non-hydrogen) atoms. The first-order valence-electron chi connectivity index (χ1n) is 9.77. The summed E-state index contributed by atoms with van der Waals surface area (Å²) in [4.78, 5) is 23.0. The summed E-state index contributed by atoms with van der Waals surface area (Å²) >= 11 is 0. The van der Waals surface area contributed by atoms with Gasteiger partial charge in [-0.2, -0.15) is 13.2 Å². The number of alkyl halides is 3. The van der Waals surface area contributed by atoms with Gasteiger partial charge in [0.25, 0.3) is 0 Å². The topological polar surface area (TPSA) is 55.3 Å². The Morgan fingerprint density at radius 2 is 1.90 bits per heavy atom. The van der Waals surface area contributed by atoms with E-state index >= 15 is 0 Å². The molecule has 0 radical (unpaired) electrons. The molecule has 1 fully saturated rings. The number of hydrogen-bond acceptors (Lipinski definition) is 4. The molecule has 2 aliphatic rings. The maximum absolute atomic E-state index is 12.4. The van der Waals surface area contributed by atoms with E-state index in [4.69, 9.17) is 9.72 Å². The van der Waals surface area contributed by atoms with Crippen LogP contribution in [0.5, 0.6) is 0 Å². The Morgan fingerprint density at radius 3 is 2.59 bits per heavy atom. The molecule has 1 saturated heterocycles. The molecule has 8 heteroatoms. The minimum absolute atomic E-state index is 0.362. The molecule has 0 unspecified atom stereocenters. The van der Waals surface area contributed by atoms with Crippen molar-refractivity contribution in [1.82, 2.24) is 14.9 Å². The molecule has 2 aromatic rings. The number of rotatable bonds is 3. The predicted octanol–water partition coefficient (Wildman–Crippen LogP) is 3.88. The normalized spacial score (nSPS) is 18.5. The van der Waals surface area contributed by atoms with Crippen molar-refractivity contribution < 1.29 is 22.7 Å². The Labute approximate surface area is 166 Å². The summed E-state index contributed by atoms with van der Waals surface area (Å²) in [5, 5.41) is 0. The van der Waals surface area contributed by atoms with Crippen molar-refractivity contribution >= 4 is 5.91 Å². The lowest BCUT2D eigenvalue weighted by Gasteiger charge is -2.44. The summed E-state index contributed by atoms with van der Waals surface area (Å²) in [7, 11) is 0. The monoisotopic (exact) mass is 405 g/mol. The molecule has 154 valence electrons. The fourth-order valence-electron chi connectivity index (χ4n) is 4.04. The number of amides is 1. The Balaban J connectivity index is 1.52. The van der Waals surface area contributed by atoms with E-state index in [1.165, 1.54) is 4.90 Å². The van der Waals surface area contributed by atoms with Crippen LogP contribution in [-0.4, -0.2) is 46.6 Å². The zero-order valence-corrected chi connectivity index (χ0v) is 15.9. The molecule has 3 heterocycles. The van der Waals surface area contributed by atoms with Gasteiger partial charge in [0.2, 0.25) is 5.91 Å². The standard InChI is InChI=1S/C21H22F3N3O2/c22-21(23,24)8-6-17(28)27-11-9-20(10-12-27)18-16(7-13-29-20)14-25-19(26-18)15-4-2-1-3-5-15/h1-5,14H,6-13H2. The van der Waals surface area contributed by atoms with Crippen LogP contribution < -0.4 is 0 Å². The Hall–Kier alpha value is -2.48. The molecule has 0 bridgehead atoms. The second kappa shape index (κ2) is 7.74. The van der Waals surface area contributed by atoms with Gasteiger partial charge < -0.3 is 9.64 Å². The molecule has 4 rings (SSSR count). The molecule has 0 saturated carbocycles. The van der Waals surface area contributed by atoms with E-state index in [9.17, 15) is 18.0 Å². The van der Waals surface area contributed by atoms with E-state index in [0.717, 1.165) is 23.2 Å². The second-order valence-electron chi connectivity index (χ2n) is 7.52. The summed E-state index contributed by atoms with van der Waals surface area (Å²) in [5.74, 6) is 0.166. The highest BCUT2D eigenvalue weighted by Crippen LogP contribution is 2.41. The summed E-state index contributed by atoms with van der Waals surface area (Å²) in [6.07, 6.45) is -2.31. The van der Waals surface area contributed by atoms with Crippen LogP contribution in [0.15, 0.2) is 36.5 Å². The lowest BCUT2D eigenvalue weighted by Crippen LogP contribution is -2.49. The van der Waals surface area contributed by atoms with Gasteiger partial charge in [-0.3, -0.25) is 4.79 Å². The molecule has 2 aliphatic heterocycles. The predicted molar refractivity (Wildman–Crippen MR) is 99.9 cm³/mol. The van der Waals surface area contributed by atoms with Gasteiger partial charge in [0.1, 0.15) is 5.60 Å². The number of carbonyl (C=O) groups excluding carboxylic acids is 1.